The predicted molar refractivity (Wildman–Crippen MR) is 88.6 cm³/mol. The zero-order chi connectivity index (χ0) is 19.0. The molecular weight excluding hydrogens is 320 g/mol. The summed E-state index contributed by atoms with van der Waals surface area (Å²) in [5, 5.41) is 35.0. The molecule has 140 valence electrons. The number of carbonyl (C=O) groups is 1. The van der Waals surface area contributed by atoms with Gasteiger partial charge in [-0.15, -0.1) is 13.2 Å². The van der Waals surface area contributed by atoms with E-state index in [1.165, 1.54) is 0 Å². The third-order valence-corrected chi connectivity index (χ3v) is 2.36. The van der Waals surface area contributed by atoms with Crippen molar-refractivity contribution < 1.29 is 39.4 Å². The SMILES string of the molecule is C=CCOCC=C.CCOCC.O=C1O[C@H](C(O)CO)C(O)=C1O. The third-order valence-electron chi connectivity index (χ3n) is 2.36. The third kappa shape index (κ3) is 10.8. The van der Waals surface area contributed by atoms with E-state index in [4.69, 9.17) is 29.9 Å². The highest BCUT2D eigenvalue weighted by atomic mass is 16.6. The standard InChI is InChI=1S/C6H8O6.C6H10O.C4H10O/c7-1-2(8)5-3(9)4(10)6(11)12-5;1-3-5-7-6-4-2;1-3-5-4-2/h2,5,7-10H,1H2;3-4H,1-2,5-6H2;3-4H2,1-2H3/t2?,5-;;/m1../s1. The maximum absolute atomic E-state index is 10.5. The van der Waals surface area contributed by atoms with Crippen molar-refractivity contribution in [2.45, 2.75) is 26.1 Å². The normalized spacial score (nSPS) is 17.0. The highest BCUT2D eigenvalue weighted by Crippen LogP contribution is 2.20. The second-order valence-electron chi connectivity index (χ2n) is 4.21. The Bertz CT molecular complexity index is 382. The first-order chi connectivity index (χ1) is 11.4. The molecule has 0 aromatic carbocycles. The van der Waals surface area contributed by atoms with Crippen LogP contribution in [0.2, 0.25) is 0 Å². The Labute approximate surface area is 142 Å². The number of ether oxygens (including phenoxy) is 3. The summed E-state index contributed by atoms with van der Waals surface area (Å²) in [4.78, 5) is 10.5. The van der Waals surface area contributed by atoms with Crippen LogP contribution in [0.25, 0.3) is 0 Å². The lowest BCUT2D eigenvalue weighted by Gasteiger charge is -2.13. The van der Waals surface area contributed by atoms with E-state index in [-0.39, 0.29) is 0 Å². The zero-order valence-electron chi connectivity index (χ0n) is 14.2. The molecule has 0 amide bonds. The molecule has 8 nitrogen and oxygen atoms in total. The largest absolute Gasteiger partial charge is 0.505 e. The Morgan fingerprint density at radius 2 is 1.67 bits per heavy atom. The van der Waals surface area contributed by atoms with Gasteiger partial charge in [-0.3, -0.25) is 0 Å². The van der Waals surface area contributed by atoms with Crippen molar-refractivity contribution in [1.82, 2.24) is 0 Å². The van der Waals surface area contributed by atoms with Crippen LogP contribution in [0.4, 0.5) is 0 Å². The van der Waals surface area contributed by atoms with E-state index >= 15 is 0 Å². The van der Waals surface area contributed by atoms with E-state index in [0.29, 0.717) is 13.2 Å². The molecule has 0 aromatic heterocycles. The van der Waals surface area contributed by atoms with Crippen LogP contribution in [-0.4, -0.2) is 71.6 Å². The molecule has 1 aliphatic rings. The number of cyclic esters (lactones) is 1. The van der Waals surface area contributed by atoms with Gasteiger partial charge in [0.15, 0.2) is 11.9 Å². The minimum Gasteiger partial charge on any atom is -0.505 e. The minimum absolute atomic E-state index is 0.617. The molecule has 0 spiro atoms. The van der Waals surface area contributed by atoms with Gasteiger partial charge in [0, 0.05) is 13.2 Å². The summed E-state index contributed by atoms with van der Waals surface area (Å²) in [7, 11) is 0. The molecule has 0 bridgehead atoms. The van der Waals surface area contributed by atoms with Gasteiger partial charge >= 0.3 is 5.97 Å². The molecule has 4 N–H and O–H groups in total. The van der Waals surface area contributed by atoms with Gasteiger partial charge in [0.25, 0.3) is 0 Å². The first-order valence-electron chi connectivity index (χ1n) is 7.40. The van der Waals surface area contributed by atoms with Crippen LogP contribution in [0.15, 0.2) is 36.8 Å². The van der Waals surface area contributed by atoms with E-state index < -0.39 is 36.3 Å². The van der Waals surface area contributed by atoms with Gasteiger partial charge in [-0.2, -0.15) is 0 Å². The van der Waals surface area contributed by atoms with E-state index in [1.807, 2.05) is 13.8 Å². The monoisotopic (exact) mass is 348 g/mol. The lowest BCUT2D eigenvalue weighted by molar-refractivity contribution is -0.147. The summed E-state index contributed by atoms with van der Waals surface area (Å²) in [5.74, 6) is -2.78. The fraction of sp³-hybridized carbons (Fsp3) is 0.562. The topological polar surface area (TPSA) is 126 Å². The van der Waals surface area contributed by atoms with E-state index in [1.54, 1.807) is 12.2 Å². The van der Waals surface area contributed by atoms with Crippen molar-refractivity contribution in [3.63, 3.8) is 0 Å². The number of hydrogen-bond acceptors (Lipinski definition) is 8. The van der Waals surface area contributed by atoms with E-state index in [2.05, 4.69) is 17.9 Å². The van der Waals surface area contributed by atoms with Gasteiger partial charge < -0.3 is 34.6 Å². The van der Waals surface area contributed by atoms with Gasteiger partial charge in [-0.25, -0.2) is 4.79 Å². The number of carbonyl (C=O) groups excluding carboxylic acids is 1. The summed E-state index contributed by atoms with van der Waals surface area (Å²) >= 11 is 0. The van der Waals surface area contributed by atoms with Crippen LogP contribution in [0.5, 0.6) is 0 Å². The molecule has 0 radical (unpaired) electrons. The average molecular weight is 348 g/mol. The average Bonchev–Trinajstić information content (AvgIpc) is 2.84. The summed E-state index contributed by atoms with van der Waals surface area (Å²) in [5.41, 5.74) is 0. The Morgan fingerprint density at radius 3 is 1.92 bits per heavy atom. The van der Waals surface area contributed by atoms with Gasteiger partial charge in [0.2, 0.25) is 5.76 Å². The summed E-state index contributed by atoms with van der Waals surface area (Å²) in [6, 6.07) is 0. The van der Waals surface area contributed by atoms with E-state index in [0.717, 1.165) is 13.2 Å². The lowest BCUT2D eigenvalue weighted by atomic mass is 10.2. The fourth-order valence-electron chi connectivity index (χ4n) is 1.26. The first-order valence-corrected chi connectivity index (χ1v) is 7.40. The quantitative estimate of drug-likeness (QED) is 0.291. The summed E-state index contributed by atoms with van der Waals surface area (Å²) in [6.07, 6.45) is 0.647. The van der Waals surface area contributed by atoms with Gasteiger partial charge in [0.05, 0.1) is 19.8 Å². The Hall–Kier alpha value is -1.87. The maximum atomic E-state index is 10.5. The van der Waals surface area contributed by atoms with Crippen molar-refractivity contribution in [3.8, 4) is 0 Å². The van der Waals surface area contributed by atoms with Crippen molar-refractivity contribution in [2.24, 2.45) is 0 Å². The smallest absolute Gasteiger partial charge is 0.377 e. The van der Waals surface area contributed by atoms with Crippen LogP contribution in [0.1, 0.15) is 13.8 Å². The first kappa shape index (κ1) is 24.4. The molecule has 0 saturated heterocycles. The minimum atomic E-state index is -1.42. The molecular formula is C16H28O8. The van der Waals surface area contributed by atoms with Crippen LogP contribution >= 0.6 is 0 Å². The number of aliphatic hydroxyl groups excluding tert-OH is 4. The Kier molecular flexibility index (Phi) is 16.3. The highest BCUT2D eigenvalue weighted by Gasteiger charge is 2.38. The molecule has 8 heteroatoms. The van der Waals surface area contributed by atoms with Gasteiger partial charge in [0.1, 0.15) is 6.10 Å². The summed E-state index contributed by atoms with van der Waals surface area (Å²) in [6.45, 7) is 13.2. The second-order valence-corrected chi connectivity index (χ2v) is 4.21. The van der Waals surface area contributed by atoms with Crippen LogP contribution in [0, 0.1) is 0 Å². The summed E-state index contributed by atoms with van der Waals surface area (Å²) < 4.78 is 14.0. The molecule has 24 heavy (non-hydrogen) atoms. The number of esters is 1. The number of aliphatic hydroxyl groups is 4. The number of hydrogen-bond donors (Lipinski definition) is 4. The molecule has 1 heterocycles. The predicted octanol–water partition coefficient (Wildman–Crippen LogP) is 1.01. The van der Waals surface area contributed by atoms with Crippen molar-refractivity contribution in [3.05, 3.63) is 36.8 Å². The molecule has 0 fully saturated rings. The molecule has 0 aliphatic carbocycles. The Morgan fingerprint density at radius 1 is 1.17 bits per heavy atom. The van der Waals surface area contributed by atoms with Crippen molar-refractivity contribution in [1.29, 1.82) is 0 Å². The van der Waals surface area contributed by atoms with Crippen LogP contribution in [0.3, 0.4) is 0 Å². The van der Waals surface area contributed by atoms with E-state index in [9.17, 15) is 4.79 Å². The Balaban J connectivity index is 0. The second kappa shape index (κ2) is 16.0. The van der Waals surface area contributed by atoms with Gasteiger partial charge in [-0.05, 0) is 13.8 Å². The molecule has 0 saturated carbocycles. The highest BCUT2D eigenvalue weighted by molar-refractivity contribution is 5.89. The van der Waals surface area contributed by atoms with Crippen LogP contribution < -0.4 is 0 Å². The lowest BCUT2D eigenvalue weighted by Crippen LogP contribution is -2.31. The van der Waals surface area contributed by atoms with Crippen LogP contribution in [-0.2, 0) is 19.0 Å². The molecule has 0 aromatic rings. The van der Waals surface area contributed by atoms with Gasteiger partial charge in [-0.1, -0.05) is 12.2 Å². The fourth-order valence-corrected chi connectivity index (χ4v) is 1.26. The van der Waals surface area contributed by atoms with Crippen molar-refractivity contribution >= 4 is 5.97 Å². The maximum Gasteiger partial charge on any atom is 0.377 e. The molecule has 1 rings (SSSR count). The molecule has 1 aliphatic heterocycles. The molecule has 2 atom stereocenters. The van der Waals surface area contributed by atoms with Crippen molar-refractivity contribution in [2.75, 3.05) is 33.0 Å². The number of rotatable bonds is 8. The zero-order valence-corrected chi connectivity index (χ0v) is 14.2. The molecule has 1 unspecified atom stereocenters.